The summed E-state index contributed by atoms with van der Waals surface area (Å²) in [6.45, 7) is 4.53. The number of carbonyl (C=O) groups is 2. The Balaban J connectivity index is 2.37. The van der Waals surface area contributed by atoms with Gasteiger partial charge < -0.3 is 15.7 Å². The number of amides is 2. The van der Waals surface area contributed by atoms with E-state index in [4.69, 9.17) is 5.11 Å². The van der Waals surface area contributed by atoms with Crippen molar-refractivity contribution in [3.63, 3.8) is 0 Å². The number of phenols is 1. The summed E-state index contributed by atoms with van der Waals surface area (Å²) >= 11 is 0. The molecule has 0 radical (unpaired) electrons. The summed E-state index contributed by atoms with van der Waals surface area (Å²) in [6.07, 6.45) is 0. The Morgan fingerprint density at radius 2 is 1.78 bits per heavy atom. The number of aromatic hydroxyl groups is 1. The molecule has 0 aliphatic carbocycles. The molecule has 0 heterocycles. The third-order valence-electron chi connectivity index (χ3n) is 2.25. The second-order valence-electron chi connectivity index (χ2n) is 4.43. The van der Waals surface area contributed by atoms with Crippen LogP contribution in [0.25, 0.3) is 0 Å². The molecular formula is C13H18N2O3. The predicted molar refractivity (Wildman–Crippen MR) is 68.3 cm³/mol. The molecule has 0 aliphatic rings. The third-order valence-corrected chi connectivity index (χ3v) is 2.25. The summed E-state index contributed by atoms with van der Waals surface area (Å²) < 4.78 is 0. The first-order valence-electron chi connectivity index (χ1n) is 5.83. The average Bonchev–Trinajstić information content (AvgIpc) is 2.34. The number of nitrogens with one attached hydrogen (secondary N) is 2. The second-order valence-corrected chi connectivity index (χ2v) is 4.43. The maximum atomic E-state index is 11.6. The van der Waals surface area contributed by atoms with Crippen LogP contribution < -0.4 is 10.6 Å². The highest BCUT2D eigenvalue weighted by Gasteiger charge is 2.07. The molecule has 1 rings (SSSR count). The lowest BCUT2D eigenvalue weighted by atomic mass is 10.2. The number of carbonyl (C=O) groups excluding carboxylic acids is 2. The minimum atomic E-state index is -0.338. The molecule has 5 heteroatoms. The molecule has 1 aromatic carbocycles. The summed E-state index contributed by atoms with van der Waals surface area (Å²) in [4.78, 5) is 23.0. The van der Waals surface area contributed by atoms with Crippen LogP contribution in [-0.4, -0.2) is 30.0 Å². The van der Waals surface area contributed by atoms with Crippen molar-refractivity contribution in [2.24, 2.45) is 5.92 Å². The van der Waals surface area contributed by atoms with Crippen LogP contribution in [0.3, 0.4) is 0 Å². The minimum absolute atomic E-state index is 0.0492. The van der Waals surface area contributed by atoms with E-state index in [0.29, 0.717) is 18.0 Å². The van der Waals surface area contributed by atoms with Gasteiger partial charge in [0.05, 0.1) is 6.54 Å². The summed E-state index contributed by atoms with van der Waals surface area (Å²) in [5, 5.41) is 14.3. The van der Waals surface area contributed by atoms with Crippen molar-refractivity contribution in [2.45, 2.75) is 13.8 Å². The van der Waals surface area contributed by atoms with Crippen LogP contribution in [-0.2, 0) is 4.79 Å². The van der Waals surface area contributed by atoms with E-state index < -0.39 is 0 Å². The summed E-state index contributed by atoms with van der Waals surface area (Å²) in [5.41, 5.74) is 0.407. The number of rotatable bonds is 5. The first kappa shape index (κ1) is 14.0. The molecule has 0 spiro atoms. The largest absolute Gasteiger partial charge is 0.508 e. The zero-order valence-corrected chi connectivity index (χ0v) is 10.6. The van der Waals surface area contributed by atoms with Crippen LogP contribution in [0, 0.1) is 5.92 Å². The molecule has 0 aliphatic heterocycles. The Hall–Kier alpha value is -2.04. The lowest BCUT2D eigenvalue weighted by molar-refractivity contribution is -0.120. The van der Waals surface area contributed by atoms with Gasteiger partial charge in [-0.05, 0) is 30.2 Å². The van der Waals surface area contributed by atoms with Crippen LogP contribution in [0.15, 0.2) is 24.3 Å². The smallest absolute Gasteiger partial charge is 0.251 e. The van der Waals surface area contributed by atoms with Gasteiger partial charge in [0.25, 0.3) is 5.91 Å². The zero-order valence-electron chi connectivity index (χ0n) is 10.6. The third kappa shape index (κ3) is 4.86. The number of benzene rings is 1. The van der Waals surface area contributed by atoms with Crippen LogP contribution in [0.1, 0.15) is 24.2 Å². The highest BCUT2D eigenvalue weighted by molar-refractivity contribution is 5.96. The monoisotopic (exact) mass is 250 g/mol. The fourth-order valence-electron chi connectivity index (χ4n) is 1.26. The SMILES string of the molecule is CC(C)CNC(=O)CNC(=O)c1ccc(O)cc1. The van der Waals surface area contributed by atoms with Crippen molar-refractivity contribution >= 4 is 11.8 Å². The Morgan fingerprint density at radius 3 is 2.33 bits per heavy atom. The van der Waals surface area contributed by atoms with Crippen molar-refractivity contribution in [3.05, 3.63) is 29.8 Å². The van der Waals surface area contributed by atoms with Gasteiger partial charge in [0.15, 0.2) is 0 Å². The van der Waals surface area contributed by atoms with Gasteiger partial charge in [-0.25, -0.2) is 0 Å². The lowest BCUT2D eigenvalue weighted by Gasteiger charge is -2.08. The summed E-state index contributed by atoms with van der Waals surface area (Å²) in [5.74, 6) is -0.0755. The first-order valence-corrected chi connectivity index (χ1v) is 5.83. The second kappa shape index (κ2) is 6.64. The van der Waals surface area contributed by atoms with E-state index in [0.717, 1.165) is 0 Å². The van der Waals surface area contributed by atoms with E-state index in [1.807, 2.05) is 13.8 Å². The molecule has 0 fully saturated rings. The molecule has 0 saturated heterocycles. The Morgan fingerprint density at radius 1 is 1.17 bits per heavy atom. The molecular weight excluding hydrogens is 232 g/mol. The number of phenolic OH excluding ortho intramolecular Hbond substituents is 1. The zero-order chi connectivity index (χ0) is 13.5. The van der Waals surface area contributed by atoms with E-state index in [2.05, 4.69) is 10.6 Å². The molecule has 98 valence electrons. The van der Waals surface area contributed by atoms with Crippen LogP contribution >= 0.6 is 0 Å². The Bertz CT molecular complexity index is 413. The molecule has 18 heavy (non-hydrogen) atoms. The maximum Gasteiger partial charge on any atom is 0.251 e. The van der Waals surface area contributed by atoms with Crippen molar-refractivity contribution in [2.75, 3.05) is 13.1 Å². The highest BCUT2D eigenvalue weighted by Crippen LogP contribution is 2.09. The quantitative estimate of drug-likeness (QED) is 0.726. The normalized spacial score (nSPS) is 10.2. The van der Waals surface area contributed by atoms with Crippen LogP contribution in [0.2, 0.25) is 0 Å². The van der Waals surface area contributed by atoms with E-state index in [-0.39, 0.29) is 24.1 Å². The molecule has 0 bridgehead atoms. The van der Waals surface area contributed by atoms with E-state index >= 15 is 0 Å². The first-order chi connectivity index (χ1) is 8.49. The van der Waals surface area contributed by atoms with Crippen molar-refractivity contribution in [3.8, 4) is 5.75 Å². The van der Waals surface area contributed by atoms with E-state index in [9.17, 15) is 9.59 Å². The Labute approximate surface area is 106 Å². The average molecular weight is 250 g/mol. The molecule has 5 nitrogen and oxygen atoms in total. The molecule has 3 N–H and O–H groups in total. The van der Waals surface area contributed by atoms with Crippen molar-refractivity contribution < 1.29 is 14.7 Å². The molecule has 0 unspecified atom stereocenters. The number of hydrogen-bond donors (Lipinski definition) is 3. The summed E-state index contributed by atoms with van der Waals surface area (Å²) in [7, 11) is 0. The fraction of sp³-hybridized carbons (Fsp3) is 0.385. The molecule has 0 atom stereocenters. The fourth-order valence-corrected chi connectivity index (χ4v) is 1.26. The van der Waals surface area contributed by atoms with E-state index in [1.165, 1.54) is 24.3 Å². The highest BCUT2D eigenvalue weighted by atomic mass is 16.3. The maximum absolute atomic E-state index is 11.6. The standard InChI is InChI=1S/C13H18N2O3/c1-9(2)7-14-12(17)8-15-13(18)10-3-5-11(16)6-4-10/h3-6,9,16H,7-8H2,1-2H3,(H,14,17)(H,15,18). The topological polar surface area (TPSA) is 78.4 Å². The van der Waals surface area contributed by atoms with Crippen molar-refractivity contribution in [1.82, 2.24) is 10.6 Å². The predicted octanol–water partition coefficient (Wildman–Crippen LogP) is 0.894. The Kier molecular flexibility index (Phi) is 5.17. The van der Waals surface area contributed by atoms with Crippen molar-refractivity contribution in [1.29, 1.82) is 0 Å². The van der Waals surface area contributed by atoms with Gasteiger partial charge in [0, 0.05) is 12.1 Å². The summed E-state index contributed by atoms with van der Waals surface area (Å²) in [6, 6.07) is 5.84. The number of hydrogen-bond acceptors (Lipinski definition) is 3. The lowest BCUT2D eigenvalue weighted by Crippen LogP contribution is -2.38. The van der Waals surface area contributed by atoms with Gasteiger partial charge in [0.1, 0.15) is 5.75 Å². The molecule has 1 aromatic rings. The van der Waals surface area contributed by atoms with Crippen LogP contribution in [0.4, 0.5) is 0 Å². The van der Waals surface area contributed by atoms with Gasteiger partial charge >= 0.3 is 0 Å². The molecule has 0 aromatic heterocycles. The van der Waals surface area contributed by atoms with Gasteiger partial charge in [-0.1, -0.05) is 13.8 Å². The van der Waals surface area contributed by atoms with E-state index in [1.54, 1.807) is 0 Å². The molecule has 0 saturated carbocycles. The molecule has 2 amide bonds. The van der Waals surface area contributed by atoms with Gasteiger partial charge in [0.2, 0.25) is 5.91 Å². The van der Waals surface area contributed by atoms with Gasteiger partial charge in [-0.15, -0.1) is 0 Å². The van der Waals surface area contributed by atoms with Gasteiger partial charge in [-0.2, -0.15) is 0 Å². The van der Waals surface area contributed by atoms with Gasteiger partial charge in [-0.3, -0.25) is 9.59 Å². The van der Waals surface area contributed by atoms with Crippen LogP contribution in [0.5, 0.6) is 5.75 Å². The minimum Gasteiger partial charge on any atom is -0.508 e.